The molecule has 160 valence electrons. The molecule has 3 aromatic rings. The molecule has 1 aliphatic heterocycles. The number of rotatable bonds is 4. The molecule has 0 radical (unpaired) electrons. The van der Waals surface area contributed by atoms with Crippen molar-refractivity contribution in [1.82, 2.24) is 25.1 Å². The van der Waals surface area contributed by atoms with Crippen LogP contribution >= 0.6 is 23.4 Å². The molecule has 2 aromatic carbocycles. The summed E-state index contributed by atoms with van der Waals surface area (Å²) in [5.41, 5.74) is 3.44. The predicted octanol–water partition coefficient (Wildman–Crippen LogP) is 4.25. The lowest BCUT2D eigenvalue weighted by Crippen LogP contribution is -2.41. The smallest absolute Gasteiger partial charge is 0.260 e. The Hall–Kier alpha value is -2.71. The van der Waals surface area contributed by atoms with E-state index in [9.17, 15) is 9.59 Å². The molecule has 1 saturated heterocycles. The van der Waals surface area contributed by atoms with Gasteiger partial charge in [0, 0.05) is 17.1 Å². The number of benzene rings is 2. The van der Waals surface area contributed by atoms with Crippen LogP contribution in [-0.4, -0.2) is 48.7 Å². The number of thioether (sulfide) groups is 1. The van der Waals surface area contributed by atoms with Crippen molar-refractivity contribution in [2.24, 2.45) is 0 Å². The number of amides is 2. The Morgan fingerprint density at radius 1 is 1.10 bits per heavy atom. The highest BCUT2D eigenvalue weighted by Gasteiger charge is 2.33. The highest BCUT2D eigenvalue weighted by atomic mass is 35.5. The van der Waals surface area contributed by atoms with Crippen molar-refractivity contribution in [2.45, 2.75) is 43.5 Å². The number of para-hydroxylation sites is 1. The van der Waals surface area contributed by atoms with Crippen LogP contribution in [0.15, 0.2) is 47.6 Å². The largest absolute Gasteiger partial charge is 0.278 e. The lowest BCUT2D eigenvalue weighted by atomic mass is 10.1. The molecule has 1 aliphatic rings. The van der Waals surface area contributed by atoms with Gasteiger partial charge in [0.15, 0.2) is 0 Å². The van der Waals surface area contributed by atoms with Crippen LogP contribution in [0.3, 0.4) is 0 Å². The Morgan fingerprint density at radius 3 is 2.52 bits per heavy atom. The monoisotopic (exact) mass is 455 g/mol. The SMILES string of the molecule is Cc1cccc(C)c1-n1nnnc1S[C@H]1CCCCN(C(=O)c2ccc(Cl)cc2)C1=O. The summed E-state index contributed by atoms with van der Waals surface area (Å²) >= 11 is 7.24. The topological polar surface area (TPSA) is 81.0 Å². The number of carbonyl (C=O) groups is 2. The molecule has 7 nitrogen and oxygen atoms in total. The maximum atomic E-state index is 13.3. The zero-order valence-electron chi connectivity index (χ0n) is 17.3. The Balaban J connectivity index is 1.59. The lowest BCUT2D eigenvalue weighted by molar-refractivity contribution is -0.127. The van der Waals surface area contributed by atoms with Gasteiger partial charge in [-0.1, -0.05) is 48.0 Å². The van der Waals surface area contributed by atoms with E-state index in [1.54, 1.807) is 28.9 Å². The van der Waals surface area contributed by atoms with Crippen LogP contribution in [-0.2, 0) is 4.79 Å². The number of imide groups is 1. The average molecular weight is 456 g/mol. The molecular weight excluding hydrogens is 434 g/mol. The van der Waals surface area contributed by atoms with Crippen molar-refractivity contribution >= 4 is 35.2 Å². The number of aryl methyl sites for hydroxylation is 2. The number of carbonyl (C=O) groups excluding carboxylic acids is 2. The van der Waals surface area contributed by atoms with Crippen LogP contribution < -0.4 is 0 Å². The van der Waals surface area contributed by atoms with E-state index in [0.717, 1.165) is 29.7 Å². The number of hydrogen-bond acceptors (Lipinski definition) is 6. The van der Waals surface area contributed by atoms with Crippen LogP contribution in [0.4, 0.5) is 0 Å². The van der Waals surface area contributed by atoms with Gasteiger partial charge in [0.25, 0.3) is 5.91 Å². The Kier molecular flexibility index (Phi) is 6.38. The Labute approximate surface area is 189 Å². The number of hydrogen-bond donors (Lipinski definition) is 0. The fourth-order valence-corrected chi connectivity index (χ4v) is 4.93. The highest BCUT2D eigenvalue weighted by molar-refractivity contribution is 8.00. The summed E-state index contributed by atoms with van der Waals surface area (Å²) in [7, 11) is 0. The summed E-state index contributed by atoms with van der Waals surface area (Å²) in [6.07, 6.45) is 2.27. The van der Waals surface area contributed by atoms with Crippen LogP contribution in [0.25, 0.3) is 5.69 Å². The van der Waals surface area contributed by atoms with Crippen molar-refractivity contribution in [2.75, 3.05) is 6.54 Å². The van der Waals surface area contributed by atoms with Crippen molar-refractivity contribution in [1.29, 1.82) is 0 Å². The Morgan fingerprint density at radius 2 is 1.81 bits per heavy atom. The van der Waals surface area contributed by atoms with Crippen LogP contribution in [0.5, 0.6) is 0 Å². The normalized spacial score (nSPS) is 16.9. The summed E-state index contributed by atoms with van der Waals surface area (Å²) in [4.78, 5) is 27.7. The maximum Gasteiger partial charge on any atom is 0.260 e. The molecule has 0 bridgehead atoms. The third-order valence-corrected chi connectivity index (χ3v) is 6.75. The van der Waals surface area contributed by atoms with Gasteiger partial charge in [-0.2, -0.15) is 4.68 Å². The van der Waals surface area contributed by atoms with E-state index >= 15 is 0 Å². The molecule has 1 atom stereocenters. The van der Waals surface area contributed by atoms with Gasteiger partial charge >= 0.3 is 0 Å². The zero-order chi connectivity index (χ0) is 22.0. The van der Waals surface area contributed by atoms with Gasteiger partial charge in [-0.3, -0.25) is 14.5 Å². The molecule has 1 fully saturated rings. The van der Waals surface area contributed by atoms with E-state index < -0.39 is 5.25 Å². The second kappa shape index (κ2) is 9.20. The molecule has 0 saturated carbocycles. The van der Waals surface area contributed by atoms with Crippen LogP contribution in [0.1, 0.15) is 40.7 Å². The van der Waals surface area contributed by atoms with E-state index in [-0.39, 0.29) is 11.8 Å². The first-order chi connectivity index (χ1) is 15.0. The fraction of sp³-hybridized carbons (Fsp3) is 0.318. The number of tetrazole rings is 1. The maximum absolute atomic E-state index is 13.3. The van der Waals surface area contributed by atoms with Gasteiger partial charge in [-0.05, 0) is 72.5 Å². The van der Waals surface area contributed by atoms with E-state index in [1.807, 2.05) is 32.0 Å². The first-order valence-corrected chi connectivity index (χ1v) is 11.3. The summed E-state index contributed by atoms with van der Waals surface area (Å²) in [5, 5.41) is 12.8. The van der Waals surface area contributed by atoms with Crippen molar-refractivity contribution in [3.63, 3.8) is 0 Å². The second-order valence-electron chi connectivity index (χ2n) is 7.52. The van der Waals surface area contributed by atoms with Gasteiger partial charge in [-0.25, -0.2) is 0 Å². The third-order valence-electron chi connectivity index (χ3n) is 5.32. The number of halogens is 1. The fourth-order valence-electron chi connectivity index (χ4n) is 3.73. The molecule has 4 rings (SSSR count). The molecule has 0 aliphatic carbocycles. The lowest BCUT2D eigenvalue weighted by Gasteiger charge is -2.22. The third kappa shape index (κ3) is 4.50. The van der Waals surface area contributed by atoms with E-state index in [1.165, 1.54) is 16.7 Å². The van der Waals surface area contributed by atoms with Gasteiger partial charge in [0.1, 0.15) is 0 Å². The standard InChI is InChI=1S/C22H22ClN5O2S/c1-14-6-5-7-15(2)19(14)28-22(24-25-26-28)31-18-8-3-4-13-27(21(18)30)20(29)16-9-11-17(23)12-10-16/h5-7,9-12,18H,3-4,8,13H2,1-2H3/t18-/m0/s1. The number of nitrogens with zero attached hydrogens (tertiary/aromatic N) is 5. The molecule has 9 heteroatoms. The van der Waals surface area contributed by atoms with Gasteiger partial charge in [-0.15, -0.1) is 5.10 Å². The van der Waals surface area contributed by atoms with Crippen molar-refractivity contribution < 1.29 is 9.59 Å². The van der Waals surface area contributed by atoms with E-state index in [0.29, 0.717) is 28.7 Å². The van der Waals surface area contributed by atoms with Crippen LogP contribution in [0.2, 0.25) is 5.02 Å². The minimum absolute atomic E-state index is 0.210. The molecular formula is C22H22ClN5O2S. The van der Waals surface area contributed by atoms with Gasteiger partial charge in [0.2, 0.25) is 11.1 Å². The number of likely N-dealkylation sites (tertiary alicyclic amines) is 1. The quantitative estimate of drug-likeness (QED) is 0.547. The summed E-state index contributed by atoms with van der Waals surface area (Å²) in [5.74, 6) is -0.512. The Bertz CT molecular complexity index is 1100. The summed E-state index contributed by atoms with van der Waals surface area (Å²) in [6.45, 7) is 4.41. The average Bonchev–Trinajstić information content (AvgIpc) is 3.12. The minimum atomic E-state index is -0.437. The zero-order valence-corrected chi connectivity index (χ0v) is 18.9. The van der Waals surface area contributed by atoms with Crippen molar-refractivity contribution in [3.05, 3.63) is 64.2 Å². The summed E-state index contributed by atoms with van der Waals surface area (Å²) < 4.78 is 1.68. The molecule has 0 spiro atoms. The van der Waals surface area contributed by atoms with Crippen LogP contribution in [0, 0.1) is 13.8 Å². The van der Waals surface area contributed by atoms with E-state index in [4.69, 9.17) is 11.6 Å². The van der Waals surface area contributed by atoms with Gasteiger partial charge < -0.3 is 0 Å². The molecule has 0 unspecified atom stereocenters. The van der Waals surface area contributed by atoms with E-state index in [2.05, 4.69) is 15.5 Å². The molecule has 0 N–H and O–H groups in total. The summed E-state index contributed by atoms with van der Waals surface area (Å²) in [6, 6.07) is 12.6. The second-order valence-corrected chi connectivity index (χ2v) is 9.12. The predicted molar refractivity (Wildman–Crippen MR) is 120 cm³/mol. The minimum Gasteiger partial charge on any atom is -0.278 e. The molecule has 2 heterocycles. The molecule has 31 heavy (non-hydrogen) atoms. The number of aromatic nitrogens is 4. The first kappa shape index (κ1) is 21.5. The molecule has 2 amide bonds. The molecule has 1 aromatic heterocycles. The van der Waals surface area contributed by atoms with Crippen molar-refractivity contribution in [3.8, 4) is 5.69 Å². The first-order valence-electron chi connectivity index (χ1n) is 10.1. The van der Waals surface area contributed by atoms with Gasteiger partial charge in [0.05, 0.1) is 10.9 Å². The highest BCUT2D eigenvalue weighted by Crippen LogP contribution is 2.31.